The van der Waals surface area contributed by atoms with Crippen LogP contribution in [0.2, 0.25) is 0 Å². The first-order valence-electron chi connectivity index (χ1n) is 10.3. The smallest absolute Gasteiger partial charge is 0.171 e. The summed E-state index contributed by atoms with van der Waals surface area (Å²) < 4.78 is 2.06. The van der Waals surface area contributed by atoms with Gasteiger partial charge in [0, 0.05) is 12.6 Å². The maximum absolute atomic E-state index is 5.58. The number of aromatic nitrogens is 2. The standard InChI is InChI=1S/C22H33N5S/c1-16-10-6-7-11-20(16)15-27-19(4)21(18(3)25-27)24-22(28)23-17(2)14-26-12-8-5-9-13-26/h6-7,10-11,17H,5,8-9,12-15H2,1-4H3,(H2,23,24,28)/t17-/m0/s1. The van der Waals surface area contributed by atoms with Gasteiger partial charge in [-0.2, -0.15) is 5.10 Å². The summed E-state index contributed by atoms with van der Waals surface area (Å²) in [5.74, 6) is 0. The largest absolute Gasteiger partial charge is 0.359 e. The lowest BCUT2D eigenvalue weighted by Crippen LogP contribution is -2.45. The minimum atomic E-state index is 0.320. The Labute approximate surface area is 174 Å². The van der Waals surface area contributed by atoms with Crippen molar-refractivity contribution in [2.75, 3.05) is 25.0 Å². The quantitative estimate of drug-likeness (QED) is 0.719. The molecule has 28 heavy (non-hydrogen) atoms. The SMILES string of the molecule is Cc1ccccc1Cn1nc(C)c(NC(=S)N[C@@H](C)CN2CCCCC2)c1C. The summed E-state index contributed by atoms with van der Waals surface area (Å²) >= 11 is 5.58. The van der Waals surface area contributed by atoms with Crippen LogP contribution < -0.4 is 10.6 Å². The molecule has 1 aromatic heterocycles. The van der Waals surface area contributed by atoms with Gasteiger partial charge in [-0.15, -0.1) is 0 Å². The average Bonchev–Trinajstić information content (AvgIpc) is 2.91. The Morgan fingerprint density at radius 2 is 1.86 bits per heavy atom. The summed E-state index contributed by atoms with van der Waals surface area (Å²) in [6.45, 7) is 12.7. The molecule has 0 saturated carbocycles. The molecule has 2 N–H and O–H groups in total. The fraction of sp³-hybridized carbons (Fsp3) is 0.545. The highest BCUT2D eigenvalue weighted by atomic mass is 32.1. The molecule has 2 aromatic rings. The van der Waals surface area contributed by atoms with Crippen molar-refractivity contribution in [1.29, 1.82) is 0 Å². The lowest BCUT2D eigenvalue weighted by molar-refractivity contribution is 0.215. The van der Waals surface area contributed by atoms with E-state index in [0.717, 1.165) is 30.2 Å². The van der Waals surface area contributed by atoms with Gasteiger partial charge in [-0.1, -0.05) is 30.7 Å². The number of hydrogen-bond acceptors (Lipinski definition) is 3. The van der Waals surface area contributed by atoms with E-state index in [0.29, 0.717) is 11.2 Å². The third-order valence-electron chi connectivity index (χ3n) is 5.56. The van der Waals surface area contributed by atoms with Crippen molar-refractivity contribution >= 4 is 23.0 Å². The molecule has 1 saturated heterocycles. The molecule has 1 aliphatic rings. The van der Waals surface area contributed by atoms with Crippen LogP contribution in [0.4, 0.5) is 5.69 Å². The van der Waals surface area contributed by atoms with E-state index in [1.54, 1.807) is 0 Å². The Balaban J connectivity index is 1.59. The highest BCUT2D eigenvalue weighted by Crippen LogP contribution is 2.21. The minimum Gasteiger partial charge on any atom is -0.359 e. The van der Waals surface area contributed by atoms with Gasteiger partial charge in [0.15, 0.2) is 5.11 Å². The van der Waals surface area contributed by atoms with Crippen molar-refractivity contribution < 1.29 is 0 Å². The molecule has 0 unspecified atom stereocenters. The van der Waals surface area contributed by atoms with E-state index in [2.05, 4.69) is 65.3 Å². The Morgan fingerprint density at radius 3 is 2.57 bits per heavy atom. The summed E-state index contributed by atoms with van der Waals surface area (Å²) in [6.07, 6.45) is 3.99. The van der Waals surface area contributed by atoms with E-state index in [-0.39, 0.29) is 0 Å². The summed E-state index contributed by atoms with van der Waals surface area (Å²) in [4.78, 5) is 2.53. The average molecular weight is 400 g/mol. The highest BCUT2D eigenvalue weighted by molar-refractivity contribution is 7.80. The van der Waals surface area contributed by atoms with Crippen LogP contribution in [0.15, 0.2) is 24.3 Å². The maximum Gasteiger partial charge on any atom is 0.171 e. The van der Waals surface area contributed by atoms with Gasteiger partial charge in [-0.05, 0) is 77.0 Å². The van der Waals surface area contributed by atoms with Crippen LogP contribution in [0.1, 0.15) is 48.7 Å². The first-order valence-corrected chi connectivity index (χ1v) is 10.7. The summed E-state index contributed by atoms with van der Waals surface area (Å²) in [7, 11) is 0. The van der Waals surface area contributed by atoms with Crippen molar-refractivity contribution in [2.45, 2.75) is 59.5 Å². The first-order chi connectivity index (χ1) is 13.4. The monoisotopic (exact) mass is 399 g/mol. The fourth-order valence-electron chi connectivity index (χ4n) is 3.93. The predicted molar refractivity (Wildman–Crippen MR) is 121 cm³/mol. The number of aryl methyl sites for hydroxylation is 2. The molecule has 152 valence electrons. The van der Waals surface area contributed by atoms with Crippen LogP contribution in [0.5, 0.6) is 0 Å². The zero-order valence-electron chi connectivity index (χ0n) is 17.6. The predicted octanol–water partition coefficient (Wildman–Crippen LogP) is 4.02. The van der Waals surface area contributed by atoms with Crippen molar-refractivity contribution in [3.8, 4) is 0 Å². The molecule has 0 aliphatic carbocycles. The molecule has 1 aliphatic heterocycles. The zero-order chi connectivity index (χ0) is 20.1. The van der Waals surface area contributed by atoms with Gasteiger partial charge in [0.05, 0.1) is 23.6 Å². The van der Waals surface area contributed by atoms with Crippen LogP contribution in [0, 0.1) is 20.8 Å². The second-order valence-electron chi connectivity index (χ2n) is 7.99. The van der Waals surface area contributed by atoms with E-state index < -0.39 is 0 Å². The summed E-state index contributed by atoms with van der Waals surface area (Å²) in [5, 5.41) is 12.2. The molecule has 0 amide bonds. The first kappa shape index (κ1) is 20.8. The lowest BCUT2D eigenvalue weighted by atomic mass is 10.1. The Bertz CT molecular complexity index is 807. The fourth-order valence-corrected chi connectivity index (χ4v) is 4.23. The van der Waals surface area contributed by atoms with E-state index in [1.165, 1.54) is 43.5 Å². The number of likely N-dealkylation sites (tertiary alicyclic amines) is 1. The molecule has 5 nitrogen and oxygen atoms in total. The molecule has 2 heterocycles. The lowest BCUT2D eigenvalue weighted by Gasteiger charge is -2.29. The van der Waals surface area contributed by atoms with Crippen molar-refractivity contribution in [2.24, 2.45) is 0 Å². The van der Waals surface area contributed by atoms with Gasteiger partial charge >= 0.3 is 0 Å². The van der Waals surface area contributed by atoms with Gasteiger partial charge in [0.25, 0.3) is 0 Å². The number of nitrogens with zero attached hydrogens (tertiary/aromatic N) is 3. The molecule has 0 bridgehead atoms. The second kappa shape index (κ2) is 9.52. The van der Waals surface area contributed by atoms with Crippen LogP contribution >= 0.6 is 12.2 Å². The molecule has 1 fully saturated rings. The molecule has 1 aromatic carbocycles. The van der Waals surface area contributed by atoms with E-state index in [1.807, 2.05) is 6.92 Å². The number of anilines is 1. The number of hydrogen-bond donors (Lipinski definition) is 2. The van der Waals surface area contributed by atoms with E-state index in [4.69, 9.17) is 17.3 Å². The summed E-state index contributed by atoms with van der Waals surface area (Å²) in [5.41, 5.74) is 5.66. The molecule has 6 heteroatoms. The Hall–Kier alpha value is -1.92. The number of rotatable bonds is 6. The third kappa shape index (κ3) is 5.32. The van der Waals surface area contributed by atoms with Crippen LogP contribution in [-0.4, -0.2) is 45.5 Å². The zero-order valence-corrected chi connectivity index (χ0v) is 18.4. The van der Waals surface area contributed by atoms with Crippen LogP contribution in [0.25, 0.3) is 0 Å². The van der Waals surface area contributed by atoms with Gasteiger partial charge in [-0.3, -0.25) is 4.68 Å². The number of nitrogens with one attached hydrogen (secondary N) is 2. The molecule has 1 atom stereocenters. The van der Waals surface area contributed by atoms with E-state index in [9.17, 15) is 0 Å². The topological polar surface area (TPSA) is 45.1 Å². The van der Waals surface area contributed by atoms with E-state index >= 15 is 0 Å². The van der Waals surface area contributed by atoms with Gasteiger partial charge in [-0.25, -0.2) is 0 Å². The van der Waals surface area contributed by atoms with Crippen molar-refractivity contribution in [3.05, 3.63) is 46.8 Å². The number of thiocarbonyl (C=S) groups is 1. The molecular weight excluding hydrogens is 366 g/mol. The Morgan fingerprint density at radius 1 is 1.14 bits per heavy atom. The minimum absolute atomic E-state index is 0.320. The Kier molecular flexibility index (Phi) is 7.08. The van der Waals surface area contributed by atoms with Crippen LogP contribution in [0.3, 0.4) is 0 Å². The third-order valence-corrected chi connectivity index (χ3v) is 5.78. The van der Waals surface area contributed by atoms with Gasteiger partial charge < -0.3 is 15.5 Å². The van der Waals surface area contributed by atoms with Crippen molar-refractivity contribution in [1.82, 2.24) is 20.0 Å². The molecular formula is C22H33N5S. The highest BCUT2D eigenvalue weighted by Gasteiger charge is 2.16. The second-order valence-corrected chi connectivity index (χ2v) is 8.40. The normalized spacial score (nSPS) is 16.0. The summed E-state index contributed by atoms with van der Waals surface area (Å²) in [6, 6.07) is 8.77. The van der Waals surface area contributed by atoms with Gasteiger partial charge in [0.2, 0.25) is 0 Å². The molecule has 0 spiro atoms. The maximum atomic E-state index is 5.58. The number of piperidine rings is 1. The van der Waals surface area contributed by atoms with Gasteiger partial charge in [0.1, 0.15) is 0 Å². The molecule has 3 rings (SSSR count). The molecule has 0 radical (unpaired) electrons. The number of benzene rings is 1. The van der Waals surface area contributed by atoms with Crippen LogP contribution in [-0.2, 0) is 6.54 Å². The van der Waals surface area contributed by atoms with Crippen molar-refractivity contribution in [3.63, 3.8) is 0 Å².